The largest absolute Gasteiger partial charge is 0.354 e. The molecule has 0 aliphatic rings. The maximum atomic E-state index is 12.8. The van der Waals surface area contributed by atoms with E-state index < -0.39 is 0 Å². The number of fused-ring (bicyclic) bond motifs is 1. The highest BCUT2D eigenvalue weighted by atomic mass is 16.1. The maximum absolute atomic E-state index is 12.8. The van der Waals surface area contributed by atoms with Crippen molar-refractivity contribution in [2.45, 2.75) is 52.6 Å². The van der Waals surface area contributed by atoms with Crippen LogP contribution in [0.1, 0.15) is 54.0 Å². The van der Waals surface area contributed by atoms with Crippen molar-refractivity contribution in [1.82, 2.24) is 9.88 Å². The van der Waals surface area contributed by atoms with E-state index in [-0.39, 0.29) is 17.9 Å². The van der Waals surface area contributed by atoms with Crippen LogP contribution in [-0.2, 0) is 11.3 Å². The molecule has 4 aromatic rings. The zero-order valence-corrected chi connectivity index (χ0v) is 19.4. The molecule has 3 nitrogen and oxygen atoms in total. The van der Waals surface area contributed by atoms with Crippen molar-refractivity contribution in [2.75, 3.05) is 0 Å². The molecule has 1 heterocycles. The maximum Gasteiger partial charge on any atom is 0.221 e. The van der Waals surface area contributed by atoms with Crippen LogP contribution < -0.4 is 5.32 Å². The van der Waals surface area contributed by atoms with Crippen LogP contribution >= 0.6 is 0 Å². The molecule has 3 aromatic carbocycles. The lowest BCUT2D eigenvalue weighted by atomic mass is 9.87. The molecule has 1 N–H and O–H groups in total. The lowest BCUT2D eigenvalue weighted by Crippen LogP contribution is -2.31. The van der Waals surface area contributed by atoms with Crippen LogP contribution in [0, 0.1) is 13.8 Å². The van der Waals surface area contributed by atoms with Crippen LogP contribution in [0.5, 0.6) is 0 Å². The molecule has 3 heteroatoms. The Bertz CT molecular complexity index is 1220. The van der Waals surface area contributed by atoms with Crippen molar-refractivity contribution < 1.29 is 4.79 Å². The molecule has 0 aliphatic carbocycles. The van der Waals surface area contributed by atoms with Crippen LogP contribution in [0.15, 0.2) is 79.0 Å². The highest BCUT2D eigenvalue weighted by Crippen LogP contribution is 2.35. The molecule has 32 heavy (non-hydrogen) atoms. The number of hydrogen-bond acceptors (Lipinski definition) is 1. The standard InChI is InChI=1S/C29H32N2O/c1-20(2)30-29(32)17-26(24-9-7-8-22(4)16-24)27-19-31(28-11-6-5-10-25(27)28)18-23-14-12-21(3)13-15-23/h5-16,19-20,26H,17-18H2,1-4H3,(H,30,32)/t26-/m0/s1. The van der Waals surface area contributed by atoms with E-state index in [1.54, 1.807) is 0 Å². The molecule has 0 spiro atoms. The fourth-order valence-electron chi connectivity index (χ4n) is 4.43. The quantitative estimate of drug-likeness (QED) is 0.368. The summed E-state index contributed by atoms with van der Waals surface area (Å²) in [6.07, 6.45) is 2.68. The smallest absolute Gasteiger partial charge is 0.221 e. The topological polar surface area (TPSA) is 34.0 Å². The Morgan fingerprint density at radius 1 is 0.906 bits per heavy atom. The summed E-state index contributed by atoms with van der Waals surface area (Å²) in [5, 5.41) is 4.29. The van der Waals surface area contributed by atoms with E-state index in [2.05, 4.69) is 103 Å². The van der Waals surface area contributed by atoms with Crippen molar-refractivity contribution in [2.24, 2.45) is 0 Å². The van der Waals surface area contributed by atoms with E-state index in [9.17, 15) is 4.79 Å². The third-order valence-corrected chi connectivity index (χ3v) is 5.95. The summed E-state index contributed by atoms with van der Waals surface area (Å²) in [6.45, 7) is 9.04. The van der Waals surface area contributed by atoms with Gasteiger partial charge in [0.05, 0.1) is 0 Å². The van der Waals surface area contributed by atoms with Gasteiger partial charge in [0.15, 0.2) is 0 Å². The zero-order valence-electron chi connectivity index (χ0n) is 19.4. The number of nitrogens with one attached hydrogen (secondary N) is 1. The highest BCUT2D eigenvalue weighted by molar-refractivity contribution is 5.87. The minimum atomic E-state index is -0.00202. The summed E-state index contributed by atoms with van der Waals surface area (Å²) in [5.41, 5.74) is 7.33. The predicted octanol–water partition coefficient (Wildman–Crippen LogP) is 6.35. The number of nitrogens with zero attached hydrogens (tertiary/aromatic N) is 1. The normalized spacial score (nSPS) is 12.3. The Labute approximate surface area is 191 Å². The second-order valence-corrected chi connectivity index (χ2v) is 9.11. The van der Waals surface area contributed by atoms with Crippen molar-refractivity contribution in [3.05, 3.63) is 107 Å². The van der Waals surface area contributed by atoms with Crippen molar-refractivity contribution >= 4 is 16.8 Å². The van der Waals surface area contributed by atoms with Crippen LogP contribution in [0.25, 0.3) is 10.9 Å². The van der Waals surface area contributed by atoms with Gasteiger partial charge in [-0.25, -0.2) is 0 Å². The monoisotopic (exact) mass is 424 g/mol. The number of amides is 1. The number of para-hydroxylation sites is 1. The number of rotatable bonds is 7. The third-order valence-electron chi connectivity index (χ3n) is 5.95. The Morgan fingerprint density at radius 3 is 2.38 bits per heavy atom. The first-order valence-corrected chi connectivity index (χ1v) is 11.4. The number of hydrogen-bond donors (Lipinski definition) is 1. The number of benzene rings is 3. The average Bonchev–Trinajstić information content (AvgIpc) is 3.11. The molecule has 1 aromatic heterocycles. The van der Waals surface area contributed by atoms with Crippen LogP contribution in [0.2, 0.25) is 0 Å². The Balaban J connectivity index is 1.79. The second kappa shape index (κ2) is 9.44. The van der Waals surface area contributed by atoms with Gasteiger partial charge >= 0.3 is 0 Å². The molecule has 1 atom stereocenters. The summed E-state index contributed by atoms with van der Waals surface area (Å²) < 4.78 is 2.32. The van der Waals surface area contributed by atoms with Gasteiger partial charge in [-0.3, -0.25) is 4.79 Å². The van der Waals surface area contributed by atoms with E-state index in [0.29, 0.717) is 6.42 Å². The van der Waals surface area contributed by atoms with E-state index >= 15 is 0 Å². The van der Waals surface area contributed by atoms with Crippen molar-refractivity contribution in [1.29, 1.82) is 0 Å². The molecule has 0 bridgehead atoms. The molecule has 0 fully saturated rings. The minimum absolute atomic E-state index is 0.00202. The Morgan fingerprint density at radius 2 is 1.66 bits per heavy atom. The van der Waals surface area contributed by atoms with E-state index in [0.717, 1.165) is 6.54 Å². The minimum Gasteiger partial charge on any atom is -0.354 e. The summed E-state index contributed by atoms with van der Waals surface area (Å²) in [5.74, 6) is 0.0830. The molecular formula is C29H32N2O. The first-order valence-electron chi connectivity index (χ1n) is 11.4. The second-order valence-electron chi connectivity index (χ2n) is 9.11. The Hall–Kier alpha value is -3.33. The van der Waals surface area contributed by atoms with E-state index in [1.807, 2.05) is 13.8 Å². The van der Waals surface area contributed by atoms with Gasteiger partial charge in [0, 0.05) is 42.0 Å². The van der Waals surface area contributed by atoms with Crippen LogP contribution in [-0.4, -0.2) is 16.5 Å². The SMILES string of the molecule is Cc1ccc(Cn2cc([C@@H](CC(=O)NC(C)C)c3cccc(C)c3)c3ccccc32)cc1. The lowest BCUT2D eigenvalue weighted by Gasteiger charge is -2.19. The first kappa shape index (κ1) is 21.9. The molecular weight excluding hydrogens is 392 g/mol. The van der Waals surface area contributed by atoms with Crippen LogP contribution in [0.3, 0.4) is 0 Å². The molecule has 0 saturated heterocycles. The molecule has 1 amide bonds. The first-order chi connectivity index (χ1) is 15.4. The van der Waals surface area contributed by atoms with Gasteiger partial charge in [0.2, 0.25) is 5.91 Å². The number of aromatic nitrogens is 1. The molecule has 164 valence electrons. The predicted molar refractivity (Wildman–Crippen MR) is 133 cm³/mol. The summed E-state index contributed by atoms with van der Waals surface area (Å²) in [7, 11) is 0. The molecule has 0 radical (unpaired) electrons. The van der Waals surface area contributed by atoms with E-state index in [1.165, 1.54) is 38.7 Å². The average molecular weight is 425 g/mol. The van der Waals surface area contributed by atoms with E-state index in [4.69, 9.17) is 0 Å². The van der Waals surface area contributed by atoms with Gasteiger partial charge < -0.3 is 9.88 Å². The van der Waals surface area contributed by atoms with Gasteiger partial charge in [-0.1, -0.05) is 77.9 Å². The van der Waals surface area contributed by atoms with Gasteiger partial charge in [-0.05, 0) is 50.5 Å². The van der Waals surface area contributed by atoms with Gasteiger partial charge in [0.1, 0.15) is 0 Å². The summed E-state index contributed by atoms with van der Waals surface area (Å²) >= 11 is 0. The molecule has 0 unspecified atom stereocenters. The van der Waals surface area contributed by atoms with Crippen molar-refractivity contribution in [3.8, 4) is 0 Å². The van der Waals surface area contributed by atoms with Gasteiger partial charge in [0.25, 0.3) is 0 Å². The lowest BCUT2D eigenvalue weighted by molar-refractivity contribution is -0.121. The van der Waals surface area contributed by atoms with Crippen molar-refractivity contribution in [3.63, 3.8) is 0 Å². The fourth-order valence-corrected chi connectivity index (χ4v) is 4.43. The Kier molecular flexibility index (Phi) is 6.45. The number of carbonyl (C=O) groups excluding carboxylic acids is 1. The van der Waals surface area contributed by atoms with Crippen LogP contribution in [0.4, 0.5) is 0 Å². The number of aryl methyl sites for hydroxylation is 2. The molecule has 0 saturated carbocycles. The molecule has 0 aliphatic heterocycles. The zero-order chi connectivity index (χ0) is 22.7. The summed E-state index contributed by atoms with van der Waals surface area (Å²) in [6, 6.07) is 25.9. The fraction of sp³-hybridized carbons (Fsp3) is 0.276. The van der Waals surface area contributed by atoms with Gasteiger partial charge in [-0.2, -0.15) is 0 Å². The summed E-state index contributed by atoms with van der Waals surface area (Å²) in [4.78, 5) is 12.8. The third kappa shape index (κ3) is 4.94. The highest BCUT2D eigenvalue weighted by Gasteiger charge is 2.23. The number of carbonyl (C=O) groups is 1. The molecule has 4 rings (SSSR count). The van der Waals surface area contributed by atoms with Gasteiger partial charge in [-0.15, -0.1) is 0 Å².